The van der Waals surface area contributed by atoms with Crippen molar-refractivity contribution in [3.05, 3.63) is 42.2 Å². The molecule has 2 aromatic rings. The number of hydrogen-bond donors (Lipinski definition) is 1. The topological polar surface area (TPSA) is 58.9 Å². The molecule has 2 heterocycles. The van der Waals surface area contributed by atoms with Crippen LogP contribution in [0.4, 0.5) is 4.39 Å². The minimum absolute atomic E-state index is 0.164. The lowest BCUT2D eigenvalue weighted by atomic mass is 10.2. The van der Waals surface area contributed by atoms with Crippen molar-refractivity contribution >= 4 is 0 Å². The number of nitrogens with zero attached hydrogens (tertiary/aromatic N) is 3. The molecule has 1 N–H and O–H groups in total. The van der Waals surface area contributed by atoms with Gasteiger partial charge in [0.05, 0.1) is 12.3 Å². The summed E-state index contributed by atoms with van der Waals surface area (Å²) in [5, 5.41) is 8.89. The molecule has 2 rings (SSSR count). The van der Waals surface area contributed by atoms with Gasteiger partial charge < -0.3 is 5.11 Å². The Balaban J connectivity index is 2.44. The molecular formula is C10H8FN3O. The maximum absolute atomic E-state index is 12.8. The fourth-order valence-electron chi connectivity index (χ4n) is 1.16. The zero-order valence-corrected chi connectivity index (χ0v) is 7.76. The van der Waals surface area contributed by atoms with Crippen molar-refractivity contribution in [1.29, 1.82) is 0 Å². The van der Waals surface area contributed by atoms with Crippen LogP contribution < -0.4 is 0 Å². The molecule has 0 spiro atoms. The molecule has 0 aliphatic rings. The van der Waals surface area contributed by atoms with Gasteiger partial charge in [-0.25, -0.2) is 15.0 Å². The average molecular weight is 205 g/mol. The highest BCUT2D eigenvalue weighted by Gasteiger charge is 2.03. The highest BCUT2D eigenvalue weighted by Crippen LogP contribution is 2.14. The highest BCUT2D eigenvalue weighted by molar-refractivity contribution is 5.53. The molecule has 0 aliphatic carbocycles. The van der Waals surface area contributed by atoms with Crippen molar-refractivity contribution in [3.8, 4) is 11.4 Å². The largest absolute Gasteiger partial charge is 0.390 e. The quantitative estimate of drug-likeness (QED) is 0.747. The van der Waals surface area contributed by atoms with Crippen molar-refractivity contribution in [2.45, 2.75) is 6.61 Å². The van der Waals surface area contributed by atoms with Crippen LogP contribution in [0, 0.1) is 5.95 Å². The molecule has 0 fully saturated rings. The summed E-state index contributed by atoms with van der Waals surface area (Å²) >= 11 is 0. The number of aliphatic hydroxyl groups is 1. The standard InChI is InChI=1S/C10H8FN3O/c11-9-5-7(1-3-12-9)10-13-4-2-8(6-15)14-10/h1-5,15H,6H2. The van der Waals surface area contributed by atoms with Crippen LogP contribution in [0.25, 0.3) is 11.4 Å². The molecule has 0 radical (unpaired) electrons. The molecule has 76 valence electrons. The van der Waals surface area contributed by atoms with Crippen LogP contribution in [0.1, 0.15) is 5.69 Å². The monoisotopic (exact) mass is 205 g/mol. The van der Waals surface area contributed by atoms with Gasteiger partial charge in [-0.3, -0.25) is 0 Å². The van der Waals surface area contributed by atoms with E-state index < -0.39 is 5.95 Å². The van der Waals surface area contributed by atoms with Crippen LogP contribution in [-0.2, 0) is 6.61 Å². The Labute approximate surface area is 85.5 Å². The predicted molar refractivity (Wildman–Crippen MR) is 51.1 cm³/mol. The molecule has 0 saturated carbocycles. The van der Waals surface area contributed by atoms with E-state index in [1.165, 1.54) is 18.5 Å². The van der Waals surface area contributed by atoms with E-state index >= 15 is 0 Å². The number of halogens is 1. The number of aromatic nitrogens is 3. The van der Waals surface area contributed by atoms with Crippen molar-refractivity contribution < 1.29 is 9.50 Å². The van der Waals surface area contributed by atoms with E-state index in [1.807, 2.05) is 0 Å². The first-order valence-electron chi connectivity index (χ1n) is 4.34. The second-order valence-electron chi connectivity index (χ2n) is 2.90. The molecule has 2 aromatic heterocycles. The van der Waals surface area contributed by atoms with E-state index in [2.05, 4.69) is 15.0 Å². The summed E-state index contributed by atoms with van der Waals surface area (Å²) in [6.07, 6.45) is 2.87. The summed E-state index contributed by atoms with van der Waals surface area (Å²) in [6.45, 7) is -0.164. The summed E-state index contributed by atoms with van der Waals surface area (Å²) in [6, 6.07) is 4.46. The van der Waals surface area contributed by atoms with E-state index in [0.29, 0.717) is 17.1 Å². The van der Waals surface area contributed by atoms with E-state index in [9.17, 15) is 4.39 Å². The fraction of sp³-hybridized carbons (Fsp3) is 0.100. The third-order valence-electron chi connectivity index (χ3n) is 1.86. The first-order chi connectivity index (χ1) is 7.29. The fourth-order valence-corrected chi connectivity index (χ4v) is 1.16. The lowest BCUT2D eigenvalue weighted by Crippen LogP contribution is -1.95. The van der Waals surface area contributed by atoms with E-state index in [1.54, 1.807) is 12.1 Å². The van der Waals surface area contributed by atoms with Gasteiger partial charge in [0, 0.05) is 24.0 Å². The van der Waals surface area contributed by atoms with Crippen LogP contribution >= 0.6 is 0 Å². The van der Waals surface area contributed by atoms with E-state index in [-0.39, 0.29) is 6.61 Å². The summed E-state index contributed by atoms with van der Waals surface area (Å²) < 4.78 is 12.8. The normalized spacial score (nSPS) is 10.3. The van der Waals surface area contributed by atoms with Gasteiger partial charge in [-0.2, -0.15) is 4.39 Å². The molecule has 0 unspecified atom stereocenters. The molecule has 15 heavy (non-hydrogen) atoms. The Morgan fingerprint density at radius 3 is 2.73 bits per heavy atom. The second-order valence-corrected chi connectivity index (χ2v) is 2.90. The molecule has 5 heteroatoms. The van der Waals surface area contributed by atoms with Crippen LogP contribution in [0.2, 0.25) is 0 Å². The molecule has 0 atom stereocenters. The zero-order valence-electron chi connectivity index (χ0n) is 7.76. The summed E-state index contributed by atoms with van der Waals surface area (Å²) in [7, 11) is 0. The number of rotatable bonds is 2. The Morgan fingerprint density at radius 1 is 1.20 bits per heavy atom. The lowest BCUT2D eigenvalue weighted by molar-refractivity contribution is 0.277. The first kappa shape index (κ1) is 9.67. The number of aliphatic hydroxyl groups excluding tert-OH is 1. The van der Waals surface area contributed by atoms with Crippen LogP contribution in [0.15, 0.2) is 30.6 Å². The van der Waals surface area contributed by atoms with Gasteiger partial charge in [0.1, 0.15) is 0 Å². The Morgan fingerprint density at radius 2 is 2.00 bits per heavy atom. The van der Waals surface area contributed by atoms with Gasteiger partial charge >= 0.3 is 0 Å². The Hall–Kier alpha value is -1.88. The molecule has 0 amide bonds. The molecular weight excluding hydrogens is 197 g/mol. The lowest BCUT2D eigenvalue weighted by Gasteiger charge is -2.01. The maximum Gasteiger partial charge on any atom is 0.213 e. The zero-order chi connectivity index (χ0) is 10.7. The van der Waals surface area contributed by atoms with Gasteiger partial charge in [0.15, 0.2) is 5.82 Å². The van der Waals surface area contributed by atoms with E-state index in [0.717, 1.165) is 0 Å². The molecule has 4 nitrogen and oxygen atoms in total. The van der Waals surface area contributed by atoms with Crippen molar-refractivity contribution in [1.82, 2.24) is 15.0 Å². The highest BCUT2D eigenvalue weighted by atomic mass is 19.1. The summed E-state index contributed by atoms with van der Waals surface area (Å²) in [4.78, 5) is 11.5. The minimum atomic E-state index is -0.578. The Bertz CT molecular complexity index is 476. The van der Waals surface area contributed by atoms with Gasteiger partial charge in [0.2, 0.25) is 5.95 Å². The summed E-state index contributed by atoms with van der Waals surface area (Å²) in [5.74, 6) is -0.201. The molecule has 0 aromatic carbocycles. The van der Waals surface area contributed by atoms with Gasteiger partial charge in [0.25, 0.3) is 0 Å². The van der Waals surface area contributed by atoms with Crippen LogP contribution in [-0.4, -0.2) is 20.1 Å². The molecule has 0 saturated heterocycles. The number of pyridine rings is 1. The second kappa shape index (κ2) is 4.10. The average Bonchev–Trinajstić information content (AvgIpc) is 2.29. The summed E-state index contributed by atoms with van der Waals surface area (Å²) in [5.41, 5.74) is 1.04. The van der Waals surface area contributed by atoms with Gasteiger partial charge in [-0.15, -0.1) is 0 Å². The molecule has 0 bridgehead atoms. The van der Waals surface area contributed by atoms with Crippen molar-refractivity contribution in [2.75, 3.05) is 0 Å². The molecule has 0 aliphatic heterocycles. The van der Waals surface area contributed by atoms with Crippen LogP contribution in [0.3, 0.4) is 0 Å². The minimum Gasteiger partial charge on any atom is -0.390 e. The van der Waals surface area contributed by atoms with Gasteiger partial charge in [-0.1, -0.05) is 0 Å². The predicted octanol–water partition coefficient (Wildman–Crippen LogP) is 1.17. The van der Waals surface area contributed by atoms with Crippen molar-refractivity contribution in [3.63, 3.8) is 0 Å². The number of hydrogen-bond acceptors (Lipinski definition) is 4. The van der Waals surface area contributed by atoms with Crippen molar-refractivity contribution in [2.24, 2.45) is 0 Å². The first-order valence-corrected chi connectivity index (χ1v) is 4.34. The van der Waals surface area contributed by atoms with Gasteiger partial charge in [-0.05, 0) is 12.1 Å². The third-order valence-corrected chi connectivity index (χ3v) is 1.86. The van der Waals surface area contributed by atoms with Crippen LogP contribution in [0.5, 0.6) is 0 Å². The maximum atomic E-state index is 12.8. The third kappa shape index (κ3) is 2.13. The smallest absolute Gasteiger partial charge is 0.213 e. The van der Waals surface area contributed by atoms with E-state index in [4.69, 9.17) is 5.11 Å². The Kier molecular flexibility index (Phi) is 2.64. The SMILES string of the molecule is OCc1ccnc(-c2ccnc(F)c2)n1.